The van der Waals surface area contributed by atoms with Crippen LogP contribution in [0.3, 0.4) is 0 Å². The third-order valence-electron chi connectivity index (χ3n) is 2.21. The van der Waals surface area contributed by atoms with Gasteiger partial charge in [-0.3, -0.25) is 0 Å². The number of thioether (sulfide) groups is 2. The Bertz CT molecular complexity index is 512. The fourth-order valence-corrected chi connectivity index (χ4v) is 3.06. The average molecular weight is 312 g/mol. The van der Waals surface area contributed by atoms with E-state index in [2.05, 4.69) is 10.3 Å². The Labute approximate surface area is 123 Å². The number of nitrogens with zero attached hydrogens (tertiary/aromatic N) is 2. The second-order valence-corrected chi connectivity index (χ2v) is 5.63. The third-order valence-corrected chi connectivity index (χ3v) is 4.39. The number of furan rings is 2. The van der Waals surface area contributed by atoms with Crippen molar-refractivity contribution in [2.75, 3.05) is 11.5 Å². The molecule has 6 nitrogen and oxygen atoms in total. The van der Waals surface area contributed by atoms with E-state index in [0.717, 1.165) is 0 Å². The Kier molecular flexibility index (Phi) is 5.63. The third kappa shape index (κ3) is 3.84. The molecule has 0 amide bonds. The van der Waals surface area contributed by atoms with Crippen molar-refractivity contribution in [3.8, 4) is 0 Å². The van der Waals surface area contributed by atoms with Crippen LogP contribution in [-0.2, 0) is 0 Å². The van der Waals surface area contributed by atoms with Crippen molar-refractivity contribution in [2.24, 2.45) is 10.3 Å². The van der Waals surface area contributed by atoms with Gasteiger partial charge in [-0.1, -0.05) is 33.8 Å². The van der Waals surface area contributed by atoms with Gasteiger partial charge in [0.15, 0.2) is 21.6 Å². The molecule has 8 heteroatoms. The van der Waals surface area contributed by atoms with Crippen molar-refractivity contribution >= 4 is 33.6 Å². The van der Waals surface area contributed by atoms with Crippen LogP contribution in [0.1, 0.15) is 11.5 Å². The molecule has 2 heterocycles. The Morgan fingerprint density at radius 2 is 1.35 bits per heavy atom. The van der Waals surface area contributed by atoms with Crippen LogP contribution in [0.4, 0.5) is 0 Å². The van der Waals surface area contributed by atoms with E-state index < -0.39 is 0 Å². The molecule has 0 saturated heterocycles. The van der Waals surface area contributed by atoms with Crippen molar-refractivity contribution in [1.82, 2.24) is 0 Å². The lowest BCUT2D eigenvalue weighted by Gasteiger charge is -2.02. The van der Waals surface area contributed by atoms with Crippen molar-refractivity contribution in [3.63, 3.8) is 0 Å². The summed E-state index contributed by atoms with van der Waals surface area (Å²) in [5, 5.41) is 25.1. The molecule has 0 radical (unpaired) electrons. The molecule has 0 unspecified atom stereocenters. The molecule has 20 heavy (non-hydrogen) atoms. The maximum atomic E-state index is 8.92. The maximum absolute atomic E-state index is 8.92. The topological polar surface area (TPSA) is 91.5 Å². The quantitative estimate of drug-likeness (QED) is 0.289. The van der Waals surface area contributed by atoms with E-state index in [1.807, 2.05) is 0 Å². The van der Waals surface area contributed by atoms with Crippen LogP contribution in [0.5, 0.6) is 0 Å². The predicted molar refractivity (Wildman–Crippen MR) is 79.0 cm³/mol. The Hall–Kier alpha value is -1.80. The maximum Gasteiger partial charge on any atom is 0.178 e. The van der Waals surface area contributed by atoms with Crippen molar-refractivity contribution in [2.45, 2.75) is 0 Å². The zero-order valence-corrected chi connectivity index (χ0v) is 11.9. The summed E-state index contributed by atoms with van der Waals surface area (Å²) >= 11 is 2.69. The van der Waals surface area contributed by atoms with Gasteiger partial charge in [0.05, 0.1) is 12.5 Å². The molecule has 2 N–H and O–H groups in total. The summed E-state index contributed by atoms with van der Waals surface area (Å²) in [5.41, 5.74) is 0. The smallest absolute Gasteiger partial charge is 0.178 e. The van der Waals surface area contributed by atoms with Gasteiger partial charge in [-0.2, -0.15) is 0 Å². The molecule has 0 fully saturated rings. The van der Waals surface area contributed by atoms with Crippen LogP contribution < -0.4 is 0 Å². The van der Waals surface area contributed by atoms with Crippen LogP contribution >= 0.6 is 23.5 Å². The van der Waals surface area contributed by atoms with Crippen LogP contribution in [0.15, 0.2) is 55.9 Å². The lowest BCUT2D eigenvalue weighted by Crippen LogP contribution is -2.00. The van der Waals surface area contributed by atoms with Gasteiger partial charge < -0.3 is 19.2 Å². The van der Waals surface area contributed by atoms with Gasteiger partial charge in [0.2, 0.25) is 0 Å². The highest BCUT2D eigenvalue weighted by Crippen LogP contribution is 2.19. The van der Waals surface area contributed by atoms with Gasteiger partial charge in [0, 0.05) is 11.5 Å². The molecule has 2 rings (SSSR count). The lowest BCUT2D eigenvalue weighted by molar-refractivity contribution is 0.319. The molecular weight excluding hydrogens is 300 g/mol. The van der Waals surface area contributed by atoms with E-state index in [1.54, 1.807) is 24.3 Å². The zero-order chi connectivity index (χ0) is 14.2. The molecule has 0 atom stereocenters. The summed E-state index contributed by atoms with van der Waals surface area (Å²) in [5.74, 6) is 2.35. The molecule has 0 saturated carbocycles. The Morgan fingerprint density at radius 3 is 1.65 bits per heavy atom. The SMILES string of the molecule is O/N=C(\SCCS/C(=N\O)c1ccco1)c1ccco1. The molecule has 2 aromatic heterocycles. The van der Waals surface area contributed by atoms with Crippen molar-refractivity contribution in [1.29, 1.82) is 0 Å². The van der Waals surface area contributed by atoms with Gasteiger partial charge in [0.25, 0.3) is 0 Å². The van der Waals surface area contributed by atoms with Gasteiger partial charge in [0.1, 0.15) is 0 Å². The largest absolute Gasteiger partial charge is 0.462 e. The zero-order valence-electron chi connectivity index (χ0n) is 10.3. The number of rotatable bonds is 5. The molecule has 0 aliphatic rings. The summed E-state index contributed by atoms with van der Waals surface area (Å²) in [4.78, 5) is 0. The first-order chi connectivity index (χ1) is 9.85. The number of hydrogen-bond donors (Lipinski definition) is 2. The highest BCUT2D eigenvalue weighted by atomic mass is 32.2. The summed E-state index contributed by atoms with van der Waals surface area (Å²) in [7, 11) is 0. The highest BCUT2D eigenvalue weighted by Gasteiger charge is 2.11. The molecule has 0 aliphatic heterocycles. The van der Waals surface area contributed by atoms with E-state index in [1.165, 1.54) is 36.1 Å². The summed E-state index contributed by atoms with van der Waals surface area (Å²) < 4.78 is 10.3. The lowest BCUT2D eigenvalue weighted by atomic mass is 10.5. The number of oxime groups is 2. The monoisotopic (exact) mass is 312 g/mol. The van der Waals surface area contributed by atoms with E-state index >= 15 is 0 Å². The molecule has 0 aromatic carbocycles. The van der Waals surface area contributed by atoms with Crippen molar-refractivity contribution in [3.05, 3.63) is 48.3 Å². The second-order valence-electron chi connectivity index (χ2n) is 3.46. The summed E-state index contributed by atoms with van der Waals surface area (Å²) in [6.07, 6.45) is 3.03. The fourth-order valence-electron chi connectivity index (χ4n) is 1.38. The van der Waals surface area contributed by atoms with Crippen LogP contribution in [-0.4, -0.2) is 32.0 Å². The summed E-state index contributed by atoms with van der Waals surface area (Å²) in [6, 6.07) is 6.89. The molecule has 0 spiro atoms. The van der Waals surface area contributed by atoms with E-state index in [0.29, 0.717) is 33.1 Å². The minimum Gasteiger partial charge on any atom is -0.462 e. The normalized spacial score (nSPS) is 12.8. The first kappa shape index (κ1) is 14.6. The first-order valence-corrected chi connectivity index (χ1v) is 7.59. The molecule has 0 aliphatic carbocycles. The first-order valence-electron chi connectivity index (χ1n) is 5.62. The van der Waals surface area contributed by atoms with Crippen LogP contribution in [0, 0.1) is 0 Å². The summed E-state index contributed by atoms with van der Waals surface area (Å²) in [6.45, 7) is 0. The number of hydrogen-bond acceptors (Lipinski definition) is 8. The van der Waals surface area contributed by atoms with Crippen LogP contribution in [0.2, 0.25) is 0 Å². The minimum absolute atomic E-state index is 0.413. The molecule has 0 bridgehead atoms. The van der Waals surface area contributed by atoms with E-state index in [9.17, 15) is 0 Å². The van der Waals surface area contributed by atoms with Gasteiger partial charge in [-0.15, -0.1) is 0 Å². The Balaban J connectivity index is 1.79. The Morgan fingerprint density at radius 1 is 0.900 bits per heavy atom. The average Bonchev–Trinajstić information content (AvgIpc) is 3.15. The van der Waals surface area contributed by atoms with E-state index in [4.69, 9.17) is 19.2 Å². The van der Waals surface area contributed by atoms with Gasteiger partial charge in [-0.25, -0.2) is 0 Å². The second kappa shape index (κ2) is 7.71. The molecule has 106 valence electrons. The van der Waals surface area contributed by atoms with Gasteiger partial charge >= 0.3 is 0 Å². The minimum atomic E-state index is 0.413. The predicted octanol–water partition coefficient (Wildman–Crippen LogP) is 3.31. The van der Waals surface area contributed by atoms with Crippen molar-refractivity contribution < 1.29 is 19.2 Å². The van der Waals surface area contributed by atoms with Gasteiger partial charge in [-0.05, 0) is 24.3 Å². The highest BCUT2D eigenvalue weighted by molar-refractivity contribution is 8.17. The van der Waals surface area contributed by atoms with Crippen LogP contribution in [0.25, 0.3) is 0 Å². The standard InChI is InChI=1S/C12H12N2O4S2/c15-13-11(9-3-1-5-17-9)19-7-8-20-12(14-16)10-4-2-6-18-10/h1-6,15-16H,7-8H2/b13-11-,14-12-. The fraction of sp³-hybridized carbons (Fsp3) is 0.167. The molecule has 2 aromatic rings. The van der Waals surface area contributed by atoms with E-state index in [-0.39, 0.29) is 0 Å². The molecular formula is C12H12N2O4S2.